The first-order valence-electron chi connectivity index (χ1n) is 10.1. The van der Waals surface area contributed by atoms with Crippen LogP contribution in [0.2, 0.25) is 0 Å². The topological polar surface area (TPSA) is 61.3 Å². The minimum absolute atomic E-state index is 0.853. The maximum atomic E-state index is 4.87. The van der Waals surface area contributed by atoms with Gasteiger partial charge in [-0.05, 0) is 31.9 Å². The summed E-state index contributed by atoms with van der Waals surface area (Å²) in [5.41, 5.74) is 2.92. The fourth-order valence-electron chi connectivity index (χ4n) is 4.02. The van der Waals surface area contributed by atoms with Gasteiger partial charge in [-0.2, -0.15) is 4.98 Å². The van der Waals surface area contributed by atoms with Crippen LogP contribution in [-0.2, 0) is 0 Å². The van der Waals surface area contributed by atoms with Crippen molar-refractivity contribution in [2.75, 3.05) is 54.0 Å². The Bertz CT molecular complexity index is 975. The summed E-state index contributed by atoms with van der Waals surface area (Å²) < 4.78 is 0. The standard InChI is InChI=1S/C21H25N7/c1-16-14-19(26-8-4-5-9-26)25-21(23-16)28-12-10-27(11-13-28)20-15-22-17-6-2-3-7-18(17)24-20/h2-3,6-7,14-15H,4-5,8-13H2,1H3. The van der Waals surface area contributed by atoms with E-state index in [-0.39, 0.29) is 0 Å². The Balaban J connectivity index is 1.31. The second-order valence-corrected chi connectivity index (χ2v) is 7.55. The molecule has 0 amide bonds. The van der Waals surface area contributed by atoms with Gasteiger partial charge in [0.05, 0.1) is 17.2 Å². The van der Waals surface area contributed by atoms with Gasteiger partial charge in [0.15, 0.2) is 0 Å². The number of fused-ring (bicyclic) bond motifs is 1. The van der Waals surface area contributed by atoms with Crippen molar-refractivity contribution in [3.05, 3.63) is 42.2 Å². The Morgan fingerprint density at radius 3 is 2.18 bits per heavy atom. The molecule has 2 saturated heterocycles. The Morgan fingerprint density at radius 1 is 0.714 bits per heavy atom. The van der Waals surface area contributed by atoms with Gasteiger partial charge >= 0.3 is 0 Å². The molecule has 0 saturated carbocycles. The van der Waals surface area contributed by atoms with Gasteiger partial charge in [0.25, 0.3) is 0 Å². The van der Waals surface area contributed by atoms with Gasteiger partial charge in [0, 0.05) is 51.0 Å². The van der Waals surface area contributed by atoms with E-state index in [0.717, 1.165) is 73.6 Å². The van der Waals surface area contributed by atoms with Crippen LogP contribution in [0.3, 0.4) is 0 Å². The molecule has 4 heterocycles. The molecule has 0 spiro atoms. The quantitative estimate of drug-likeness (QED) is 0.697. The number of anilines is 3. The number of hydrogen-bond acceptors (Lipinski definition) is 7. The molecule has 0 radical (unpaired) electrons. The first-order valence-corrected chi connectivity index (χ1v) is 10.1. The highest BCUT2D eigenvalue weighted by atomic mass is 15.3. The molecule has 1 aromatic carbocycles. The minimum Gasteiger partial charge on any atom is -0.356 e. The van der Waals surface area contributed by atoms with Crippen molar-refractivity contribution in [1.82, 2.24) is 19.9 Å². The highest BCUT2D eigenvalue weighted by Gasteiger charge is 2.22. The molecule has 5 rings (SSSR count). The fraction of sp³-hybridized carbons (Fsp3) is 0.429. The molecular weight excluding hydrogens is 350 g/mol. The van der Waals surface area contributed by atoms with Crippen LogP contribution in [0.4, 0.5) is 17.6 Å². The summed E-state index contributed by atoms with van der Waals surface area (Å²) in [6.07, 6.45) is 4.39. The largest absolute Gasteiger partial charge is 0.356 e. The number of benzene rings is 1. The number of rotatable bonds is 3. The zero-order valence-electron chi connectivity index (χ0n) is 16.3. The first-order chi connectivity index (χ1) is 13.8. The number of nitrogens with zero attached hydrogens (tertiary/aromatic N) is 7. The number of aryl methyl sites for hydroxylation is 1. The van der Waals surface area contributed by atoms with Crippen molar-refractivity contribution in [2.24, 2.45) is 0 Å². The third-order valence-electron chi connectivity index (χ3n) is 5.58. The van der Waals surface area contributed by atoms with Gasteiger partial charge in [-0.15, -0.1) is 0 Å². The molecule has 7 heteroatoms. The molecule has 7 nitrogen and oxygen atoms in total. The van der Waals surface area contributed by atoms with Crippen molar-refractivity contribution >= 4 is 28.6 Å². The van der Waals surface area contributed by atoms with Gasteiger partial charge < -0.3 is 14.7 Å². The van der Waals surface area contributed by atoms with Gasteiger partial charge in [-0.3, -0.25) is 4.98 Å². The van der Waals surface area contributed by atoms with E-state index in [0.29, 0.717) is 0 Å². The lowest BCUT2D eigenvalue weighted by Crippen LogP contribution is -2.47. The summed E-state index contributed by atoms with van der Waals surface area (Å²) in [6.45, 7) is 7.82. The zero-order valence-corrected chi connectivity index (χ0v) is 16.3. The lowest BCUT2D eigenvalue weighted by atomic mass is 10.3. The summed E-state index contributed by atoms with van der Waals surface area (Å²) in [5.74, 6) is 2.87. The van der Waals surface area contributed by atoms with Crippen molar-refractivity contribution in [2.45, 2.75) is 19.8 Å². The monoisotopic (exact) mass is 375 g/mol. The number of piperazine rings is 1. The second-order valence-electron chi connectivity index (χ2n) is 7.55. The Kier molecular flexibility index (Phi) is 4.43. The molecule has 2 aliphatic heterocycles. The van der Waals surface area contributed by atoms with Crippen LogP contribution in [0.5, 0.6) is 0 Å². The fourth-order valence-corrected chi connectivity index (χ4v) is 4.02. The average Bonchev–Trinajstić information content (AvgIpc) is 3.28. The molecule has 2 aromatic heterocycles. The van der Waals surface area contributed by atoms with E-state index in [1.54, 1.807) is 0 Å². The van der Waals surface area contributed by atoms with Gasteiger partial charge in [-0.25, -0.2) is 9.97 Å². The second kappa shape index (κ2) is 7.22. The van der Waals surface area contributed by atoms with E-state index in [1.807, 2.05) is 30.5 Å². The number of hydrogen-bond donors (Lipinski definition) is 0. The Morgan fingerprint density at radius 2 is 1.39 bits per heavy atom. The highest BCUT2D eigenvalue weighted by molar-refractivity contribution is 5.75. The molecule has 2 aliphatic rings. The lowest BCUT2D eigenvalue weighted by Gasteiger charge is -2.35. The normalized spacial score (nSPS) is 17.5. The molecular formula is C21H25N7. The third kappa shape index (κ3) is 3.32. The molecule has 0 aliphatic carbocycles. The summed E-state index contributed by atoms with van der Waals surface area (Å²) in [7, 11) is 0. The van der Waals surface area contributed by atoms with Crippen molar-refractivity contribution in [3.63, 3.8) is 0 Å². The lowest BCUT2D eigenvalue weighted by molar-refractivity contribution is 0.633. The van der Waals surface area contributed by atoms with Crippen molar-refractivity contribution in [3.8, 4) is 0 Å². The van der Waals surface area contributed by atoms with Crippen LogP contribution in [0.25, 0.3) is 11.0 Å². The molecule has 0 unspecified atom stereocenters. The number of aromatic nitrogens is 4. The predicted molar refractivity (Wildman–Crippen MR) is 112 cm³/mol. The molecule has 0 N–H and O–H groups in total. The summed E-state index contributed by atoms with van der Waals surface area (Å²) >= 11 is 0. The van der Waals surface area contributed by atoms with E-state index in [1.165, 1.54) is 12.8 Å². The van der Waals surface area contributed by atoms with Crippen LogP contribution in [-0.4, -0.2) is 59.2 Å². The average molecular weight is 375 g/mol. The van der Waals surface area contributed by atoms with Crippen LogP contribution >= 0.6 is 0 Å². The maximum Gasteiger partial charge on any atom is 0.227 e. The van der Waals surface area contributed by atoms with Gasteiger partial charge in [0.2, 0.25) is 5.95 Å². The van der Waals surface area contributed by atoms with E-state index in [4.69, 9.17) is 15.0 Å². The van der Waals surface area contributed by atoms with E-state index in [2.05, 4.69) is 32.7 Å². The first kappa shape index (κ1) is 17.2. The highest BCUT2D eigenvalue weighted by Crippen LogP contribution is 2.23. The Hall–Kier alpha value is -2.96. The zero-order chi connectivity index (χ0) is 18.9. The maximum absolute atomic E-state index is 4.87. The van der Waals surface area contributed by atoms with E-state index < -0.39 is 0 Å². The SMILES string of the molecule is Cc1cc(N2CCCC2)nc(N2CCN(c3cnc4ccccc4n3)CC2)n1. The predicted octanol–water partition coefficient (Wildman–Crippen LogP) is 2.66. The van der Waals surface area contributed by atoms with Crippen LogP contribution in [0.1, 0.15) is 18.5 Å². The Labute approximate surface area is 165 Å². The van der Waals surface area contributed by atoms with Crippen molar-refractivity contribution in [1.29, 1.82) is 0 Å². The smallest absolute Gasteiger partial charge is 0.227 e. The summed E-state index contributed by atoms with van der Waals surface area (Å²) in [4.78, 5) is 25.9. The summed E-state index contributed by atoms with van der Waals surface area (Å²) in [5, 5.41) is 0. The van der Waals surface area contributed by atoms with Crippen LogP contribution < -0.4 is 14.7 Å². The van der Waals surface area contributed by atoms with Gasteiger partial charge in [0.1, 0.15) is 11.6 Å². The molecule has 0 bridgehead atoms. The van der Waals surface area contributed by atoms with E-state index in [9.17, 15) is 0 Å². The molecule has 144 valence electrons. The van der Waals surface area contributed by atoms with Gasteiger partial charge in [-0.1, -0.05) is 12.1 Å². The molecule has 3 aromatic rings. The molecule has 0 atom stereocenters. The van der Waals surface area contributed by atoms with Crippen molar-refractivity contribution < 1.29 is 0 Å². The summed E-state index contributed by atoms with van der Waals surface area (Å²) in [6, 6.07) is 10.1. The molecule has 28 heavy (non-hydrogen) atoms. The minimum atomic E-state index is 0.853. The van der Waals surface area contributed by atoms with Crippen LogP contribution in [0.15, 0.2) is 36.5 Å². The molecule has 2 fully saturated rings. The van der Waals surface area contributed by atoms with E-state index >= 15 is 0 Å². The number of para-hydroxylation sites is 2. The van der Waals surface area contributed by atoms with Crippen LogP contribution in [0, 0.1) is 6.92 Å². The third-order valence-corrected chi connectivity index (χ3v) is 5.58.